The fourth-order valence-corrected chi connectivity index (χ4v) is 1.36. The topological polar surface area (TPSA) is 39.1 Å². The molecule has 0 bridgehead atoms. The van der Waals surface area contributed by atoms with Crippen molar-refractivity contribution in [3.05, 3.63) is 18.2 Å². The number of nitrogens with zero attached hydrogens (tertiary/aromatic N) is 2. The summed E-state index contributed by atoms with van der Waals surface area (Å²) in [5, 5.41) is 3.32. The molecule has 0 aromatic carbocycles. The highest BCUT2D eigenvalue weighted by Gasteiger charge is 2.02. The molecule has 4 nitrogen and oxygen atoms in total. The number of rotatable bonds is 7. The summed E-state index contributed by atoms with van der Waals surface area (Å²) in [5.74, 6) is 0. The molecule has 1 N–H and O–H groups in total. The van der Waals surface area contributed by atoms with Crippen molar-refractivity contribution >= 4 is 0 Å². The summed E-state index contributed by atoms with van der Waals surface area (Å²) in [6.07, 6.45) is 5.31. The lowest BCUT2D eigenvalue weighted by Gasteiger charge is -2.08. The third-order valence-electron chi connectivity index (χ3n) is 2.29. The summed E-state index contributed by atoms with van der Waals surface area (Å²) in [6, 6.07) is 0. The van der Waals surface area contributed by atoms with Gasteiger partial charge in [0.2, 0.25) is 0 Å². The highest BCUT2D eigenvalue weighted by molar-refractivity contribution is 4.96. The predicted molar refractivity (Wildman–Crippen MR) is 60.7 cm³/mol. The second kappa shape index (κ2) is 6.58. The molecule has 1 rings (SSSR count). The molecule has 1 aromatic rings. The Morgan fingerprint density at radius 1 is 1.60 bits per heavy atom. The van der Waals surface area contributed by atoms with Gasteiger partial charge in [0.25, 0.3) is 0 Å². The van der Waals surface area contributed by atoms with Crippen molar-refractivity contribution in [3.63, 3.8) is 0 Å². The van der Waals surface area contributed by atoms with Crippen molar-refractivity contribution in [3.8, 4) is 0 Å². The Morgan fingerprint density at radius 3 is 3.07 bits per heavy atom. The molecular formula is C11H21N3O. The summed E-state index contributed by atoms with van der Waals surface area (Å²) < 4.78 is 7.26. The van der Waals surface area contributed by atoms with Gasteiger partial charge >= 0.3 is 0 Å². The number of nitrogens with one attached hydrogen (secondary N) is 1. The molecule has 0 amide bonds. The second-order valence-corrected chi connectivity index (χ2v) is 3.78. The fourth-order valence-electron chi connectivity index (χ4n) is 1.36. The van der Waals surface area contributed by atoms with E-state index in [4.69, 9.17) is 4.74 Å². The zero-order chi connectivity index (χ0) is 11.1. The van der Waals surface area contributed by atoms with Gasteiger partial charge in [-0.3, -0.25) is 0 Å². The predicted octanol–water partition coefficient (Wildman–Crippen LogP) is 1.42. The van der Waals surface area contributed by atoms with Gasteiger partial charge in [0, 0.05) is 26.4 Å². The number of hydrogen-bond acceptors (Lipinski definition) is 3. The van der Waals surface area contributed by atoms with Crippen LogP contribution >= 0.6 is 0 Å². The van der Waals surface area contributed by atoms with Crippen molar-refractivity contribution < 1.29 is 4.74 Å². The van der Waals surface area contributed by atoms with E-state index in [1.54, 1.807) is 7.11 Å². The van der Waals surface area contributed by atoms with Crippen LogP contribution in [0.2, 0.25) is 0 Å². The summed E-state index contributed by atoms with van der Waals surface area (Å²) >= 11 is 0. The molecule has 0 radical (unpaired) electrons. The Bertz CT molecular complexity index is 273. The first-order valence-corrected chi connectivity index (χ1v) is 5.50. The van der Waals surface area contributed by atoms with Crippen LogP contribution in [0.3, 0.4) is 0 Å². The molecule has 86 valence electrons. The highest BCUT2D eigenvalue weighted by atomic mass is 16.5. The maximum atomic E-state index is 5.20. The van der Waals surface area contributed by atoms with E-state index in [-0.39, 0.29) is 6.10 Å². The van der Waals surface area contributed by atoms with Crippen LogP contribution in [0.1, 0.15) is 26.0 Å². The van der Waals surface area contributed by atoms with Crippen LogP contribution in [0, 0.1) is 0 Å². The van der Waals surface area contributed by atoms with E-state index in [9.17, 15) is 0 Å². The summed E-state index contributed by atoms with van der Waals surface area (Å²) in [7, 11) is 1.73. The zero-order valence-electron chi connectivity index (χ0n) is 9.86. The van der Waals surface area contributed by atoms with Crippen molar-refractivity contribution in [1.29, 1.82) is 0 Å². The van der Waals surface area contributed by atoms with Crippen LogP contribution in [0.4, 0.5) is 0 Å². The van der Waals surface area contributed by atoms with Gasteiger partial charge in [-0.25, -0.2) is 4.98 Å². The first kappa shape index (κ1) is 12.2. The molecule has 4 heteroatoms. The summed E-state index contributed by atoms with van der Waals surface area (Å²) in [4.78, 5) is 4.32. The van der Waals surface area contributed by atoms with Crippen LogP contribution in [0.5, 0.6) is 0 Å². The average Bonchev–Trinajstić information content (AvgIpc) is 2.66. The molecular weight excluding hydrogens is 190 g/mol. The van der Waals surface area contributed by atoms with Gasteiger partial charge in [-0.1, -0.05) is 6.92 Å². The van der Waals surface area contributed by atoms with Gasteiger partial charge in [-0.05, 0) is 19.9 Å². The van der Waals surface area contributed by atoms with Crippen molar-refractivity contribution in [2.75, 3.05) is 13.7 Å². The number of aromatic nitrogens is 2. The molecule has 15 heavy (non-hydrogen) atoms. The third kappa shape index (κ3) is 4.44. The van der Waals surface area contributed by atoms with E-state index in [0.29, 0.717) is 0 Å². The Kier molecular flexibility index (Phi) is 5.36. The molecule has 1 atom stereocenters. The monoisotopic (exact) mass is 211 g/mol. The quantitative estimate of drug-likeness (QED) is 0.693. The summed E-state index contributed by atoms with van der Waals surface area (Å²) in [5.41, 5.74) is 1.09. The molecule has 0 saturated heterocycles. The van der Waals surface area contributed by atoms with E-state index in [2.05, 4.69) is 34.9 Å². The van der Waals surface area contributed by atoms with E-state index < -0.39 is 0 Å². The number of imidazole rings is 1. The van der Waals surface area contributed by atoms with Crippen LogP contribution in [0.25, 0.3) is 0 Å². The van der Waals surface area contributed by atoms with Gasteiger partial charge < -0.3 is 14.6 Å². The average molecular weight is 211 g/mol. The van der Waals surface area contributed by atoms with Crippen LogP contribution in [0.15, 0.2) is 12.5 Å². The number of ether oxygens (including phenoxy) is 1. The largest absolute Gasteiger partial charge is 0.380 e. The Labute approximate surface area is 91.7 Å². The van der Waals surface area contributed by atoms with E-state index >= 15 is 0 Å². The van der Waals surface area contributed by atoms with Gasteiger partial charge in [0.15, 0.2) is 0 Å². The van der Waals surface area contributed by atoms with Crippen molar-refractivity contribution in [2.24, 2.45) is 0 Å². The number of methoxy groups -OCH3 is 1. The maximum Gasteiger partial charge on any atom is 0.0950 e. The first-order chi connectivity index (χ1) is 7.26. The molecule has 1 heterocycles. The minimum atomic E-state index is 0.232. The highest BCUT2D eigenvalue weighted by Crippen LogP contribution is 1.99. The molecule has 0 aliphatic carbocycles. The molecule has 0 aliphatic heterocycles. The van der Waals surface area contributed by atoms with Crippen LogP contribution < -0.4 is 5.32 Å². The molecule has 0 aliphatic rings. The number of hydrogen-bond donors (Lipinski definition) is 1. The van der Waals surface area contributed by atoms with Crippen LogP contribution in [-0.2, 0) is 17.8 Å². The molecule has 0 spiro atoms. The van der Waals surface area contributed by atoms with Gasteiger partial charge in [0.05, 0.1) is 18.1 Å². The standard InChI is InChI=1S/C11H21N3O/c1-4-5-12-6-11-8-14(9-13-11)7-10(2)15-3/h8-10,12H,4-7H2,1-3H3. The molecule has 1 aromatic heterocycles. The lowest BCUT2D eigenvalue weighted by molar-refractivity contribution is 0.103. The minimum absolute atomic E-state index is 0.232. The Hall–Kier alpha value is -0.870. The normalized spacial score (nSPS) is 13.0. The van der Waals surface area contributed by atoms with Gasteiger partial charge in [-0.2, -0.15) is 0 Å². The summed E-state index contributed by atoms with van der Waals surface area (Å²) in [6.45, 7) is 6.96. The van der Waals surface area contributed by atoms with E-state index in [1.807, 2.05) is 6.33 Å². The third-order valence-corrected chi connectivity index (χ3v) is 2.29. The second-order valence-electron chi connectivity index (χ2n) is 3.78. The minimum Gasteiger partial charge on any atom is -0.380 e. The molecule has 0 saturated carbocycles. The van der Waals surface area contributed by atoms with E-state index in [0.717, 1.165) is 31.7 Å². The Balaban J connectivity index is 2.35. The zero-order valence-corrected chi connectivity index (χ0v) is 9.86. The lowest BCUT2D eigenvalue weighted by atomic mass is 10.4. The van der Waals surface area contributed by atoms with Crippen molar-refractivity contribution in [1.82, 2.24) is 14.9 Å². The fraction of sp³-hybridized carbons (Fsp3) is 0.727. The van der Waals surface area contributed by atoms with Gasteiger partial charge in [-0.15, -0.1) is 0 Å². The molecule has 0 fully saturated rings. The lowest BCUT2D eigenvalue weighted by Crippen LogP contribution is -2.14. The smallest absolute Gasteiger partial charge is 0.0950 e. The molecule has 1 unspecified atom stereocenters. The van der Waals surface area contributed by atoms with E-state index in [1.165, 1.54) is 0 Å². The van der Waals surface area contributed by atoms with Crippen LogP contribution in [-0.4, -0.2) is 29.3 Å². The SMILES string of the molecule is CCCNCc1cn(CC(C)OC)cn1. The Morgan fingerprint density at radius 2 is 2.40 bits per heavy atom. The van der Waals surface area contributed by atoms with Crippen molar-refractivity contribution in [2.45, 2.75) is 39.5 Å². The first-order valence-electron chi connectivity index (χ1n) is 5.50. The van der Waals surface area contributed by atoms with Gasteiger partial charge in [0.1, 0.15) is 0 Å². The maximum absolute atomic E-state index is 5.20.